The van der Waals surface area contributed by atoms with Crippen LogP contribution in [-0.4, -0.2) is 24.5 Å². The third-order valence-corrected chi connectivity index (χ3v) is 3.31. The molecule has 4 nitrogen and oxygen atoms in total. The van der Waals surface area contributed by atoms with E-state index in [-0.39, 0.29) is 5.91 Å². The van der Waals surface area contributed by atoms with Crippen molar-refractivity contribution >= 4 is 11.7 Å². The summed E-state index contributed by atoms with van der Waals surface area (Å²) >= 11 is 0. The first-order valence-corrected chi connectivity index (χ1v) is 6.21. The predicted molar refractivity (Wildman–Crippen MR) is 68.1 cm³/mol. The lowest BCUT2D eigenvalue weighted by atomic mass is 10.1. The number of hydrogen-bond donors (Lipinski definition) is 2. The van der Waals surface area contributed by atoms with Crippen molar-refractivity contribution in [1.82, 2.24) is 10.3 Å². The van der Waals surface area contributed by atoms with E-state index in [0.29, 0.717) is 11.5 Å². The van der Waals surface area contributed by atoms with E-state index in [4.69, 9.17) is 0 Å². The Morgan fingerprint density at radius 2 is 2.18 bits per heavy atom. The van der Waals surface area contributed by atoms with Gasteiger partial charge in [0.1, 0.15) is 5.82 Å². The first-order chi connectivity index (χ1) is 8.29. The maximum absolute atomic E-state index is 11.8. The van der Waals surface area contributed by atoms with Crippen LogP contribution in [0.5, 0.6) is 0 Å². The fourth-order valence-corrected chi connectivity index (χ4v) is 2.23. The molecular formula is C13H19N3O. The maximum Gasteiger partial charge on any atom is 0.252 e. The van der Waals surface area contributed by atoms with Gasteiger partial charge >= 0.3 is 0 Å². The minimum atomic E-state index is -0.0212. The number of carbonyl (C=O) groups excluding carboxylic acids is 1. The van der Waals surface area contributed by atoms with E-state index in [1.54, 1.807) is 12.3 Å². The van der Waals surface area contributed by atoms with Gasteiger partial charge in [-0.05, 0) is 30.9 Å². The summed E-state index contributed by atoms with van der Waals surface area (Å²) < 4.78 is 0. The van der Waals surface area contributed by atoms with Crippen LogP contribution >= 0.6 is 0 Å². The summed E-state index contributed by atoms with van der Waals surface area (Å²) in [5.41, 5.74) is 0.627. The van der Waals surface area contributed by atoms with Crippen LogP contribution < -0.4 is 10.6 Å². The number of nitrogens with zero attached hydrogens (tertiary/aromatic N) is 1. The van der Waals surface area contributed by atoms with Crippen LogP contribution in [0.25, 0.3) is 0 Å². The minimum Gasteiger partial charge on any atom is -0.373 e. The summed E-state index contributed by atoms with van der Waals surface area (Å²) in [6.45, 7) is 0.798. The Bertz CT molecular complexity index is 369. The molecule has 0 saturated heterocycles. The van der Waals surface area contributed by atoms with Gasteiger partial charge in [-0.3, -0.25) is 4.79 Å². The molecule has 2 N–H and O–H groups in total. The van der Waals surface area contributed by atoms with Crippen molar-refractivity contribution in [3.63, 3.8) is 0 Å². The smallest absolute Gasteiger partial charge is 0.252 e. The molecule has 0 aromatic carbocycles. The largest absolute Gasteiger partial charge is 0.373 e. The lowest BCUT2D eigenvalue weighted by Gasteiger charge is -2.10. The Kier molecular flexibility index (Phi) is 3.96. The number of nitrogens with one attached hydrogen (secondary N) is 2. The lowest BCUT2D eigenvalue weighted by Crippen LogP contribution is -2.28. The quantitative estimate of drug-likeness (QED) is 0.836. The minimum absolute atomic E-state index is 0.0212. The zero-order valence-corrected chi connectivity index (χ0v) is 10.2. The lowest BCUT2D eigenvalue weighted by molar-refractivity contribution is 0.0947. The number of aromatic nitrogens is 1. The van der Waals surface area contributed by atoms with E-state index in [1.165, 1.54) is 25.7 Å². The van der Waals surface area contributed by atoms with Crippen molar-refractivity contribution < 1.29 is 4.79 Å². The highest BCUT2D eigenvalue weighted by Crippen LogP contribution is 2.23. The topological polar surface area (TPSA) is 54.0 Å². The summed E-state index contributed by atoms with van der Waals surface area (Å²) in [5.74, 6) is 1.42. The van der Waals surface area contributed by atoms with E-state index in [9.17, 15) is 4.79 Å². The first-order valence-electron chi connectivity index (χ1n) is 6.21. The molecule has 0 atom stereocenters. The molecule has 1 aliphatic carbocycles. The second-order valence-corrected chi connectivity index (χ2v) is 4.54. The highest BCUT2D eigenvalue weighted by molar-refractivity contribution is 5.94. The molecule has 2 rings (SSSR count). The molecular weight excluding hydrogens is 214 g/mol. The Morgan fingerprint density at radius 1 is 1.41 bits per heavy atom. The third-order valence-electron chi connectivity index (χ3n) is 3.31. The second kappa shape index (κ2) is 5.66. The highest BCUT2D eigenvalue weighted by atomic mass is 16.1. The van der Waals surface area contributed by atoms with Crippen LogP contribution in [0, 0.1) is 5.92 Å². The Balaban J connectivity index is 1.85. The molecule has 1 heterocycles. The SMILES string of the molecule is CNc1ccc(C(=O)NCC2CCCC2)cn1. The fraction of sp³-hybridized carbons (Fsp3) is 0.538. The number of anilines is 1. The number of carbonyl (C=O) groups is 1. The van der Waals surface area contributed by atoms with E-state index >= 15 is 0 Å². The van der Waals surface area contributed by atoms with Gasteiger partial charge in [0.2, 0.25) is 0 Å². The maximum atomic E-state index is 11.8. The summed E-state index contributed by atoms with van der Waals surface area (Å²) in [5, 5.41) is 5.91. The molecule has 4 heteroatoms. The standard InChI is InChI=1S/C13H19N3O/c1-14-12-7-6-11(9-15-12)13(17)16-8-10-4-2-3-5-10/h6-7,9-10H,2-5,8H2,1H3,(H,14,15)(H,16,17). The zero-order valence-electron chi connectivity index (χ0n) is 10.2. The van der Waals surface area contributed by atoms with Gasteiger partial charge in [-0.1, -0.05) is 12.8 Å². The molecule has 1 aromatic rings. The Hall–Kier alpha value is -1.58. The Labute approximate surface area is 102 Å². The van der Waals surface area contributed by atoms with Gasteiger partial charge in [-0.2, -0.15) is 0 Å². The van der Waals surface area contributed by atoms with Gasteiger partial charge in [0.05, 0.1) is 5.56 Å². The summed E-state index contributed by atoms with van der Waals surface area (Å²) in [6, 6.07) is 3.60. The first kappa shape index (κ1) is 11.9. The van der Waals surface area contributed by atoms with Crippen LogP contribution in [0.4, 0.5) is 5.82 Å². The number of hydrogen-bond acceptors (Lipinski definition) is 3. The van der Waals surface area contributed by atoms with Crippen molar-refractivity contribution in [3.05, 3.63) is 23.9 Å². The molecule has 0 aliphatic heterocycles. The normalized spacial score (nSPS) is 15.8. The Morgan fingerprint density at radius 3 is 2.76 bits per heavy atom. The van der Waals surface area contributed by atoms with E-state index in [0.717, 1.165) is 12.4 Å². The van der Waals surface area contributed by atoms with Gasteiger partial charge in [0.25, 0.3) is 5.91 Å². The second-order valence-electron chi connectivity index (χ2n) is 4.54. The van der Waals surface area contributed by atoms with Gasteiger partial charge in [0, 0.05) is 19.8 Å². The molecule has 0 bridgehead atoms. The fourth-order valence-electron chi connectivity index (χ4n) is 2.23. The monoisotopic (exact) mass is 233 g/mol. The molecule has 0 radical (unpaired) electrons. The van der Waals surface area contributed by atoms with Crippen molar-refractivity contribution in [2.45, 2.75) is 25.7 Å². The predicted octanol–water partition coefficient (Wildman–Crippen LogP) is 2.04. The molecule has 0 unspecified atom stereocenters. The molecule has 1 aromatic heterocycles. The van der Waals surface area contributed by atoms with Crippen molar-refractivity contribution in [2.75, 3.05) is 18.9 Å². The summed E-state index contributed by atoms with van der Waals surface area (Å²) in [7, 11) is 1.81. The molecule has 1 fully saturated rings. The van der Waals surface area contributed by atoms with Gasteiger partial charge in [0.15, 0.2) is 0 Å². The average Bonchev–Trinajstić information content (AvgIpc) is 2.89. The molecule has 0 spiro atoms. The summed E-state index contributed by atoms with van der Waals surface area (Å²) in [4.78, 5) is 16.0. The molecule has 17 heavy (non-hydrogen) atoms. The highest BCUT2D eigenvalue weighted by Gasteiger charge is 2.16. The summed E-state index contributed by atoms with van der Waals surface area (Å²) in [6.07, 6.45) is 6.71. The number of amides is 1. The van der Waals surface area contributed by atoms with Gasteiger partial charge in [-0.15, -0.1) is 0 Å². The van der Waals surface area contributed by atoms with Crippen LogP contribution in [0.2, 0.25) is 0 Å². The van der Waals surface area contributed by atoms with Crippen LogP contribution in [-0.2, 0) is 0 Å². The van der Waals surface area contributed by atoms with E-state index in [1.807, 2.05) is 13.1 Å². The van der Waals surface area contributed by atoms with Crippen molar-refractivity contribution in [1.29, 1.82) is 0 Å². The average molecular weight is 233 g/mol. The van der Waals surface area contributed by atoms with Crippen LogP contribution in [0.3, 0.4) is 0 Å². The molecule has 92 valence electrons. The van der Waals surface area contributed by atoms with Crippen LogP contribution in [0.15, 0.2) is 18.3 Å². The molecule has 1 amide bonds. The molecule has 1 saturated carbocycles. The third kappa shape index (κ3) is 3.19. The van der Waals surface area contributed by atoms with Gasteiger partial charge in [-0.25, -0.2) is 4.98 Å². The zero-order chi connectivity index (χ0) is 12.1. The van der Waals surface area contributed by atoms with Crippen molar-refractivity contribution in [2.24, 2.45) is 5.92 Å². The molecule has 1 aliphatic rings. The van der Waals surface area contributed by atoms with E-state index in [2.05, 4.69) is 15.6 Å². The van der Waals surface area contributed by atoms with Crippen LogP contribution in [0.1, 0.15) is 36.0 Å². The van der Waals surface area contributed by atoms with E-state index < -0.39 is 0 Å². The van der Waals surface area contributed by atoms with Crippen molar-refractivity contribution in [3.8, 4) is 0 Å². The number of rotatable bonds is 4. The van der Waals surface area contributed by atoms with Gasteiger partial charge < -0.3 is 10.6 Å². The number of pyridine rings is 1.